The predicted molar refractivity (Wildman–Crippen MR) is 72.4 cm³/mol. The van der Waals surface area contributed by atoms with Crippen LogP contribution in [0.25, 0.3) is 0 Å². The van der Waals surface area contributed by atoms with E-state index < -0.39 is 0 Å². The summed E-state index contributed by atoms with van der Waals surface area (Å²) in [4.78, 5) is 26.1. The standard InChI is InChI=1S/C15H24N2O2/c1-10-3-2-4-12(10)15(19)17-8-7-13-11(9-17)5-6-14(18)16-13/h10-13H,2-9H2,1H3,(H,16,18). The molecular weight excluding hydrogens is 240 g/mol. The Kier molecular flexibility index (Phi) is 3.50. The maximum absolute atomic E-state index is 12.6. The molecule has 3 rings (SSSR count). The Morgan fingerprint density at radius 2 is 2.11 bits per heavy atom. The topological polar surface area (TPSA) is 49.4 Å². The van der Waals surface area contributed by atoms with E-state index in [0.717, 1.165) is 32.4 Å². The summed E-state index contributed by atoms with van der Waals surface area (Å²) in [6, 6.07) is 0.311. The third-order valence-corrected chi connectivity index (χ3v) is 5.31. The molecular formula is C15H24N2O2. The van der Waals surface area contributed by atoms with Crippen molar-refractivity contribution in [3.8, 4) is 0 Å². The van der Waals surface area contributed by atoms with Crippen LogP contribution in [0, 0.1) is 17.8 Å². The zero-order valence-electron chi connectivity index (χ0n) is 11.7. The molecule has 0 spiro atoms. The van der Waals surface area contributed by atoms with Gasteiger partial charge < -0.3 is 10.2 Å². The molecule has 4 nitrogen and oxygen atoms in total. The average Bonchev–Trinajstić information content (AvgIpc) is 2.83. The first kappa shape index (κ1) is 12.9. The number of amides is 2. The minimum absolute atomic E-state index is 0.186. The lowest BCUT2D eigenvalue weighted by Crippen LogP contribution is -2.56. The first-order chi connectivity index (χ1) is 9.15. The van der Waals surface area contributed by atoms with Gasteiger partial charge in [-0.15, -0.1) is 0 Å². The van der Waals surface area contributed by atoms with Gasteiger partial charge in [0.05, 0.1) is 0 Å². The monoisotopic (exact) mass is 264 g/mol. The van der Waals surface area contributed by atoms with Gasteiger partial charge in [-0.2, -0.15) is 0 Å². The number of carbonyl (C=O) groups is 2. The lowest BCUT2D eigenvalue weighted by molar-refractivity contribution is -0.139. The first-order valence-electron chi connectivity index (χ1n) is 7.73. The van der Waals surface area contributed by atoms with Gasteiger partial charge in [0.1, 0.15) is 0 Å². The summed E-state index contributed by atoms with van der Waals surface area (Å²) < 4.78 is 0. The fourth-order valence-electron chi connectivity index (χ4n) is 4.06. The molecule has 3 fully saturated rings. The Morgan fingerprint density at radius 3 is 2.84 bits per heavy atom. The molecule has 0 aromatic carbocycles. The van der Waals surface area contributed by atoms with Crippen molar-refractivity contribution in [3.63, 3.8) is 0 Å². The van der Waals surface area contributed by atoms with E-state index in [1.54, 1.807) is 0 Å². The van der Waals surface area contributed by atoms with E-state index in [4.69, 9.17) is 0 Å². The van der Waals surface area contributed by atoms with E-state index in [0.29, 0.717) is 30.2 Å². The van der Waals surface area contributed by atoms with E-state index in [2.05, 4.69) is 17.1 Å². The lowest BCUT2D eigenvalue weighted by Gasteiger charge is -2.42. The van der Waals surface area contributed by atoms with Crippen molar-refractivity contribution in [1.29, 1.82) is 0 Å². The Morgan fingerprint density at radius 1 is 1.26 bits per heavy atom. The molecule has 0 aromatic rings. The van der Waals surface area contributed by atoms with Crippen molar-refractivity contribution >= 4 is 11.8 Å². The van der Waals surface area contributed by atoms with Crippen molar-refractivity contribution in [3.05, 3.63) is 0 Å². The van der Waals surface area contributed by atoms with Gasteiger partial charge in [-0.1, -0.05) is 13.3 Å². The fraction of sp³-hybridized carbons (Fsp3) is 0.867. The van der Waals surface area contributed by atoms with Gasteiger partial charge in [-0.05, 0) is 37.5 Å². The summed E-state index contributed by atoms with van der Waals surface area (Å²) in [7, 11) is 0. The normalized spacial score (nSPS) is 38.8. The van der Waals surface area contributed by atoms with Crippen LogP contribution in [0.15, 0.2) is 0 Å². The molecule has 106 valence electrons. The van der Waals surface area contributed by atoms with Gasteiger partial charge in [0.2, 0.25) is 11.8 Å². The van der Waals surface area contributed by atoms with Gasteiger partial charge in [-0.3, -0.25) is 9.59 Å². The van der Waals surface area contributed by atoms with E-state index in [-0.39, 0.29) is 11.8 Å². The third kappa shape index (κ3) is 2.49. The Bertz CT molecular complexity index is 382. The molecule has 4 heteroatoms. The highest BCUT2D eigenvalue weighted by Gasteiger charge is 2.39. The summed E-state index contributed by atoms with van der Waals surface area (Å²) >= 11 is 0. The van der Waals surface area contributed by atoms with Crippen LogP contribution >= 0.6 is 0 Å². The molecule has 2 aliphatic heterocycles. The molecule has 19 heavy (non-hydrogen) atoms. The molecule has 0 radical (unpaired) electrons. The van der Waals surface area contributed by atoms with Crippen LogP contribution in [0.2, 0.25) is 0 Å². The minimum Gasteiger partial charge on any atom is -0.353 e. The molecule has 2 heterocycles. The van der Waals surface area contributed by atoms with Crippen molar-refractivity contribution in [2.45, 2.75) is 51.5 Å². The van der Waals surface area contributed by atoms with Gasteiger partial charge in [-0.25, -0.2) is 0 Å². The maximum atomic E-state index is 12.6. The number of carbonyl (C=O) groups excluding carboxylic acids is 2. The molecule has 1 N–H and O–H groups in total. The second-order valence-electron chi connectivity index (χ2n) is 6.56. The third-order valence-electron chi connectivity index (χ3n) is 5.31. The fourth-order valence-corrected chi connectivity index (χ4v) is 4.06. The van der Waals surface area contributed by atoms with Crippen LogP contribution in [0.5, 0.6) is 0 Å². The van der Waals surface area contributed by atoms with Crippen LogP contribution in [0.1, 0.15) is 45.4 Å². The number of hydrogen-bond acceptors (Lipinski definition) is 2. The summed E-state index contributed by atoms with van der Waals surface area (Å²) in [5, 5.41) is 3.08. The average molecular weight is 264 g/mol. The van der Waals surface area contributed by atoms with Crippen LogP contribution < -0.4 is 5.32 Å². The van der Waals surface area contributed by atoms with Crippen molar-refractivity contribution in [1.82, 2.24) is 10.2 Å². The molecule has 2 amide bonds. The minimum atomic E-state index is 0.186. The smallest absolute Gasteiger partial charge is 0.225 e. The Hall–Kier alpha value is -1.06. The zero-order chi connectivity index (χ0) is 13.4. The number of likely N-dealkylation sites (tertiary alicyclic amines) is 1. The maximum Gasteiger partial charge on any atom is 0.225 e. The SMILES string of the molecule is CC1CCCC1C(=O)N1CCC2NC(=O)CCC2C1. The number of piperidine rings is 2. The van der Waals surface area contributed by atoms with Crippen LogP contribution in [0.4, 0.5) is 0 Å². The van der Waals surface area contributed by atoms with E-state index in [1.165, 1.54) is 12.8 Å². The van der Waals surface area contributed by atoms with Crippen molar-refractivity contribution < 1.29 is 9.59 Å². The highest BCUT2D eigenvalue weighted by Crippen LogP contribution is 2.34. The molecule has 1 aliphatic carbocycles. The summed E-state index contributed by atoms with van der Waals surface area (Å²) in [6.07, 6.45) is 5.98. The van der Waals surface area contributed by atoms with Crippen molar-refractivity contribution in [2.24, 2.45) is 17.8 Å². The summed E-state index contributed by atoms with van der Waals surface area (Å²) in [5.41, 5.74) is 0. The Labute approximate surface area is 114 Å². The van der Waals surface area contributed by atoms with Crippen molar-refractivity contribution in [2.75, 3.05) is 13.1 Å². The molecule has 1 saturated carbocycles. The van der Waals surface area contributed by atoms with E-state index in [9.17, 15) is 9.59 Å². The molecule has 3 aliphatic rings. The molecule has 0 bridgehead atoms. The number of fused-ring (bicyclic) bond motifs is 1. The van der Waals surface area contributed by atoms with Crippen LogP contribution in [-0.2, 0) is 9.59 Å². The van der Waals surface area contributed by atoms with Gasteiger partial charge in [0.15, 0.2) is 0 Å². The van der Waals surface area contributed by atoms with Gasteiger partial charge >= 0.3 is 0 Å². The summed E-state index contributed by atoms with van der Waals surface area (Å²) in [6.45, 7) is 3.89. The highest BCUT2D eigenvalue weighted by atomic mass is 16.2. The van der Waals surface area contributed by atoms with E-state index in [1.807, 2.05) is 0 Å². The molecule has 4 atom stereocenters. The van der Waals surface area contributed by atoms with E-state index >= 15 is 0 Å². The zero-order valence-corrected chi connectivity index (χ0v) is 11.7. The summed E-state index contributed by atoms with van der Waals surface area (Å²) in [5.74, 6) is 1.85. The second kappa shape index (κ2) is 5.14. The van der Waals surface area contributed by atoms with Gasteiger partial charge in [0.25, 0.3) is 0 Å². The first-order valence-corrected chi connectivity index (χ1v) is 7.73. The van der Waals surface area contributed by atoms with Crippen LogP contribution in [0.3, 0.4) is 0 Å². The largest absolute Gasteiger partial charge is 0.353 e. The second-order valence-corrected chi connectivity index (χ2v) is 6.56. The number of rotatable bonds is 1. The van der Waals surface area contributed by atoms with Gasteiger partial charge in [0, 0.05) is 31.5 Å². The Balaban J connectivity index is 1.61. The molecule has 0 aromatic heterocycles. The quantitative estimate of drug-likeness (QED) is 0.781. The lowest BCUT2D eigenvalue weighted by atomic mass is 9.84. The molecule has 2 saturated heterocycles. The number of nitrogens with zero attached hydrogens (tertiary/aromatic N) is 1. The van der Waals surface area contributed by atoms with Crippen LogP contribution in [-0.4, -0.2) is 35.8 Å². The predicted octanol–water partition coefficient (Wildman–Crippen LogP) is 1.55. The number of nitrogens with one attached hydrogen (secondary N) is 1. The number of hydrogen-bond donors (Lipinski definition) is 1. The molecule has 4 unspecified atom stereocenters. The highest BCUT2D eigenvalue weighted by molar-refractivity contribution is 5.80.